The zero-order valence-corrected chi connectivity index (χ0v) is 17.3. The molecule has 2 aromatic rings. The van der Waals surface area contributed by atoms with Crippen molar-refractivity contribution >= 4 is 15.5 Å². The summed E-state index contributed by atoms with van der Waals surface area (Å²) in [7, 11) is -0.997. The molecular formula is C21H19F3N2O3S. The van der Waals surface area contributed by atoms with Gasteiger partial charge in [0.05, 0.1) is 10.8 Å². The molecule has 2 aromatic carbocycles. The van der Waals surface area contributed by atoms with Gasteiger partial charge in [0, 0.05) is 19.8 Å². The van der Waals surface area contributed by atoms with Gasteiger partial charge in [0.25, 0.3) is 0 Å². The maximum absolute atomic E-state index is 13.7. The normalized spacial score (nSPS) is 19.4. The minimum Gasteiger partial charge on any atom is -0.468 e. The molecule has 1 heterocycles. The molecule has 2 atom stereocenters. The average Bonchev–Trinajstić information content (AvgIpc) is 3.09. The van der Waals surface area contributed by atoms with Gasteiger partial charge in [0.15, 0.2) is 6.10 Å². The molecule has 30 heavy (non-hydrogen) atoms. The Morgan fingerprint density at radius 1 is 1.03 bits per heavy atom. The van der Waals surface area contributed by atoms with Crippen molar-refractivity contribution in [2.45, 2.75) is 30.0 Å². The summed E-state index contributed by atoms with van der Waals surface area (Å²) in [5.74, 6) is -3.05. The molecule has 0 fully saturated rings. The van der Waals surface area contributed by atoms with Gasteiger partial charge in [-0.05, 0) is 36.8 Å². The number of halogens is 3. The molecule has 0 saturated carbocycles. The molecule has 0 bridgehead atoms. The lowest BCUT2D eigenvalue weighted by Crippen LogP contribution is -2.19. The van der Waals surface area contributed by atoms with Crippen LogP contribution in [0.2, 0.25) is 0 Å². The summed E-state index contributed by atoms with van der Waals surface area (Å²) in [5, 5.41) is 9.44. The summed E-state index contributed by atoms with van der Waals surface area (Å²) >= 11 is 0. The quantitative estimate of drug-likeness (QED) is 0.714. The van der Waals surface area contributed by atoms with E-state index in [1.54, 1.807) is 44.1 Å². The molecule has 0 amide bonds. The first-order chi connectivity index (χ1) is 14.0. The van der Waals surface area contributed by atoms with Crippen molar-refractivity contribution in [3.63, 3.8) is 0 Å². The molecule has 0 unspecified atom stereocenters. The Morgan fingerprint density at radius 2 is 1.60 bits per heavy atom. The maximum Gasteiger partial charge on any atom is 0.450 e. The second kappa shape index (κ2) is 7.69. The van der Waals surface area contributed by atoms with E-state index in [-0.39, 0.29) is 10.5 Å². The molecule has 1 aliphatic heterocycles. The van der Waals surface area contributed by atoms with E-state index in [0.717, 1.165) is 11.3 Å². The Hall–Kier alpha value is -2.99. The highest BCUT2D eigenvalue weighted by Gasteiger charge is 2.53. The van der Waals surface area contributed by atoms with Gasteiger partial charge in [-0.25, -0.2) is 8.42 Å². The number of anilines is 1. The number of rotatable bonds is 4. The molecule has 0 radical (unpaired) electrons. The van der Waals surface area contributed by atoms with Gasteiger partial charge in [-0.2, -0.15) is 18.4 Å². The number of hydrogen-bond acceptors (Lipinski definition) is 5. The van der Waals surface area contributed by atoms with Crippen molar-refractivity contribution in [2.24, 2.45) is 0 Å². The number of benzene rings is 2. The smallest absolute Gasteiger partial charge is 0.450 e. The molecule has 0 aromatic heterocycles. The van der Waals surface area contributed by atoms with E-state index >= 15 is 0 Å². The van der Waals surface area contributed by atoms with Crippen LogP contribution in [0.25, 0.3) is 0 Å². The van der Waals surface area contributed by atoms with E-state index in [1.807, 2.05) is 0 Å². The zero-order chi connectivity index (χ0) is 22.3. The summed E-state index contributed by atoms with van der Waals surface area (Å²) in [5.41, 5.74) is 1.78. The SMILES string of the molecule is Cc1ccc(S(=O)(=O)C2=C(C(F)(F)F)O[C@H](C#N)[C@H]2c2ccc(N(C)C)cc2)cc1. The minimum absolute atomic E-state index is 0.247. The Labute approximate surface area is 172 Å². The molecule has 9 heteroatoms. The van der Waals surface area contributed by atoms with Crippen LogP contribution in [-0.2, 0) is 14.6 Å². The lowest BCUT2D eigenvalue weighted by Gasteiger charge is -2.19. The molecular weight excluding hydrogens is 417 g/mol. The Balaban J connectivity index is 2.24. The third-order valence-electron chi connectivity index (χ3n) is 4.83. The van der Waals surface area contributed by atoms with E-state index in [1.165, 1.54) is 36.4 Å². The van der Waals surface area contributed by atoms with Crippen molar-refractivity contribution in [3.05, 3.63) is 70.3 Å². The largest absolute Gasteiger partial charge is 0.468 e. The zero-order valence-electron chi connectivity index (χ0n) is 16.4. The van der Waals surface area contributed by atoms with Crippen LogP contribution in [0.5, 0.6) is 0 Å². The first kappa shape index (κ1) is 21.7. The second-order valence-electron chi connectivity index (χ2n) is 7.14. The van der Waals surface area contributed by atoms with Gasteiger partial charge >= 0.3 is 6.18 Å². The van der Waals surface area contributed by atoms with E-state index in [0.29, 0.717) is 0 Å². The average molecular weight is 436 g/mol. The van der Waals surface area contributed by atoms with Gasteiger partial charge in [0.2, 0.25) is 15.6 Å². The molecule has 0 aliphatic carbocycles. The fraction of sp³-hybridized carbons (Fsp3) is 0.286. The maximum atomic E-state index is 13.7. The molecule has 0 spiro atoms. The van der Waals surface area contributed by atoms with Crippen LogP contribution in [0.15, 0.2) is 64.1 Å². The number of ether oxygens (including phenoxy) is 1. The van der Waals surface area contributed by atoms with Gasteiger partial charge in [-0.3, -0.25) is 0 Å². The van der Waals surface area contributed by atoms with E-state index in [2.05, 4.69) is 0 Å². The molecule has 3 rings (SSSR count). The van der Waals surface area contributed by atoms with Crippen molar-refractivity contribution in [2.75, 3.05) is 19.0 Å². The highest BCUT2D eigenvalue weighted by atomic mass is 32.2. The van der Waals surface area contributed by atoms with Gasteiger partial charge in [-0.1, -0.05) is 29.8 Å². The molecule has 158 valence electrons. The number of alkyl halides is 3. The summed E-state index contributed by atoms with van der Waals surface area (Å²) in [6.45, 7) is 1.73. The number of sulfone groups is 1. The van der Waals surface area contributed by atoms with E-state index in [9.17, 15) is 26.9 Å². The molecule has 1 aliphatic rings. The highest BCUT2D eigenvalue weighted by molar-refractivity contribution is 7.95. The van der Waals surface area contributed by atoms with Crippen LogP contribution in [0.4, 0.5) is 18.9 Å². The number of nitrogens with zero attached hydrogens (tertiary/aromatic N) is 2. The van der Waals surface area contributed by atoms with Crippen LogP contribution in [0.3, 0.4) is 0 Å². The van der Waals surface area contributed by atoms with Crippen molar-refractivity contribution in [3.8, 4) is 6.07 Å². The third-order valence-corrected chi connectivity index (χ3v) is 6.74. The van der Waals surface area contributed by atoms with Crippen molar-refractivity contribution in [1.82, 2.24) is 0 Å². The summed E-state index contributed by atoms with van der Waals surface area (Å²) in [6.07, 6.45) is -6.69. The monoisotopic (exact) mass is 436 g/mol. The van der Waals surface area contributed by atoms with Crippen molar-refractivity contribution in [1.29, 1.82) is 5.26 Å². The van der Waals surface area contributed by atoms with Crippen LogP contribution in [0, 0.1) is 18.3 Å². The van der Waals surface area contributed by atoms with Crippen molar-refractivity contribution < 1.29 is 26.3 Å². The van der Waals surface area contributed by atoms with E-state index in [4.69, 9.17) is 4.74 Å². The van der Waals surface area contributed by atoms with Crippen LogP contribution in [0.1, 0.15) is 17.0 Å². The minimum atomic E-state index is -5.07. The summed E-state index contributed by atoms with van der Waals surface area (Å²) in [6, 6.07) is 13.5. The fourth-order valence-electron chi connectivity index (χ4n) is 3.28. The number of aryl methyl sites for hydroxylation is 1. The number of allylic oxidation sites excluding steroid dienone is 1. The van der Waals surface area contributed by atoms with E-state index < -0.39 is 38.7 Å². The van der Waals surface area contributed by atoms with Gasteiger partial charge in [-0.15, -0.1) is 0 Å². The summed E-state index contributed by atoms with van der Waals surface area (Å²) in [4.78, 5) is 0.558. The molecule has 5 nitrogen and oxygen atoms in total. The Bertz CT molecular complexity index is 1110. The van der Waals surface area contributed by atoms with Crippen LogP contribution >= 0.6 is 0 Å². The van der Waals surface area contributed by atoms with Crippen LogP contribution < -0.4 is 4.90 Å². The topological polar surface area (TPSA) is 70.4 Å². The molecule has 0 saturated heterocycles. The van der Waals surface area contributed by atoms with Crippen LogP contribution in [-0.4, -0.2) is 34.8 Å². The Morgan fingerprint density at radius 3 is 2.07 bits per heavy atom. The lowest BCUT2D eigenvalue weighted by atomic mass is 9.94. The van der Waals surface area contributed by atoms with Gasteiger partial charge < -0.3 is 9.64 Å². The number of hydrogen-bond donors (Lipinski definition) is 0. The first-order valence-electron chi connectivity index (χ1n) is 8.93. The summed E-state index contributed by atoms with van der Waals surface area (Å²) < 4.78 is 72.6. The second-order valence-corrected chi connectivity index (χ2v) is 9.06. The third kappa shape index (κ3) is 3.87. The standard InChI is InChI=1S/C21H19F3N2O3S/c1-13-4-10-16(11-5-13)30(27,28)19-18(14-6-8-15(9-7-14)26(2)3)17(12-25)29-20(19)21(22,23)24/h4-11,17-18H,1-3H3/t17-,18-/m1/s1. The lowest BCUT2D eigenvalue weighted by molar-refractivity contribution is -0.130. The van der Waals surface area contributed by atoms with Gasteiger partial charge in [0.1, 0.15) is 11.0 Å². The first-order valence-corrected chi connectivity index (χ1v) is 10.4. The fourth-order valence-corrected chi connectivity index (χ4v) is 5.03. The number of nitriles is 1. The highest BCUT2D eigenvalue weighted by Crippen LogP contribution is 2.48. The predicted molar refractivity (Wildman–Crippen MR) is 105 cm³/mol. The Kier molecular flexibility index (Phi) is 5.56. The predicted octanol–water partition coefficient (Wildman–Crippen LogP) is 4.31. The molecule has 0 N–H and O–H groups in total.